The lowest BCUT2D eigenvalue weighted by Gasteiger charge is -2.10. The van der Waals surface area contributed by atoms with E-state index in [1.54, 1.807) is 0 Å². The third-order valence-corrected chi connectivity index (χ3v) is 4.60. The summed E-state index contributed by atoms with van der Waals surface area (Å²) in [6, 6.07) is 31.1. The first-order valence-corrected chi connectivity index (χ1v) is 8.90. The molecule has 3 heteroatoms. The van der Waals surface area contributed by atoms with Crippen LogP contribution in [0.1, 0.15) is 29.7 Å². The summed E-state index contributed by atoms with van der Waals surface area (Å²) in [6.07, 6.45) is 0. The van der Waals surface area contributed by atoms with Gasteiger partial charge < -0.3 is 0 Å². The van der Waals surface area contributed by atoms with E-state index in [9.17, 15) is 0 Å². The van der Waals surface area contributed by atoms with Crippen molar-refractivity contribution < 1.29 is 0 Å². The van der Waals surface area contributed by atoms with Gasteiger partial charge in [-0.3, -0.25) is 0 Å². The molecule has 0 N–H and O–H groups in total. The maximum atomic E-state index is 4.86. The Balaban J connectivity index is 1.76. The molecule has 0 bridgehead atoms. The molecule has 3 nitrogen and oxygen atoms in total. The summed E-state index contributed by atoms with van der Waals surface area (Å²) in [6.45, 7) is 2.86. The van der Waals surface area contributed by atoms with Gasteiger partial charge in [-0.05, 0) is 11.1 Å². The van der Waals surface area contributed by atoms with Gasteiger partial charge in [0.25, 0.3) is 0 Å². The first-order chi connectivity index (χ1) is 12.8. The van der Waals surface area contributed by atoms with Crippen LogP contribution in [0, 0.1) is 0 Å². The summed E-state index contributed by atoms with van der Waals surface area (Å²) >= 11 is 0. The highest BCUT2D eigenvalue weighted by atomic mass is 15.5. The third-order valence-electron chi connectivity index (χ3n) is 4.60. The highest BCUT2D eigenvalue weighted by Crippen LogP contribution is 2.30. The van der Waals surface area contributed by atoms with E-state index in [0.717, 1.165) is 17.0 Å². The molecule has 4 aromatic rings. The highest BCUT2D eigenvalue weighted by Gasteiger charge is 2.20. The Hall–Kier alpha value is -3.20. The number of aromatic nitrogens is 3. The minimum absolute atomic E-state index is 0.177. The van der Waals surface area contributed by atoms with E-state index in [1.165, 1.54) is 11.1 Å². The predicted octanol–water partition coefficient (Wildman–Crippen LogP) is 5.15. The quantitative estimate of drug-likeness (QED) is 0.504. The molecule has 0 amide bonds. The van der Waals surface area contributed by atoms with Crippen molar-refractivity contribution >= 4 is 0 Å². The molecule has 1 atom stereocenters. The van der Waals surface area contributed by atoms with Gasteiger partial charge in [-0.25, -0.2) is 0 Å². The lowest BCUT2D eigenvalue weighted by molar-refractivity contribution is 0.582. The molecule has 0 aliphatic rings. The molecule has 26 heavy (non-hydrogen) atoms. The molecule has 1 unspecified atom stereocenters. The van der Waals surface area contributed by atoms with Crippen molar-refractivity contribution in [2.75, 3.05) is 0 Å². The predicted molar refractivity (Wildman–Crippen MR) is 105 cm³/mol. The molecular weight excluding hydrogens is 318 g/mol. The Morgan fingerprint density at radius 1 is 0.731 bits per heavy atom. The maximum Gasteiger partial charge on any atom is 0.116 e. The molecule has 1 aromatic heterocycles. The van der Waals surface area contributed by atoms with Crippen LogP contribution in [0.25, 0.3) is 11.3 Å². The first kappa shape index (κ1) is 16.3. The number of rotatable bonds is 5. The Kier molecular flexibility index (Phi) is 4.61. The van der Waals surface area contributed by atoms with E-state index in [0.29, 0.717) is 6.54 Å². The smallest absolute Gasteiger partial charge is 0.116 e. The molecule has 0 saturated carbocycles. The van der Waals surface area contributed by atoms with Crippen LogP contribution >= 0.6 is 0 Å². The summed E-state index contributed by atoms with van der Waals surface area (Å²) in [5.74, 6) is 0.177. The van der Waals surface area contributed by atoms with Gasteiger partial charge in [-0.15, -0.1) is 0 Å². The van der Waals surface area contributed by atoms with Crippen LogP contribution < -0.4 is 0 Å². The van der Waals surface area contributed by atoms with Crippen LogP contribution in [0.15, 0.2) is 91.0 Å². The number of nitrogens with zero attached hydrogens (tertiary/aromatic N) is 3. The molecule has 0 spiro atoms. The minimum Gasteiger partial charge on any atom is -0.180 e. The molecule has 128 valence electrons. The third kappa shape index (κ3) is 3.42. The van der Waals surface area contributed by atoms with Gasteiger partial charge in [-0.2, -0.15) is 15.0 Å². The lowest BCUT2D eigenvalue weighted by atomic mass is 9.94. The summed E-state index contributed by atoms with van der Waals surface area (Å²) < 4.78 is 0. The van der Waals surface area contributed by atoms with Gasteiger partial charge in [-0.1, -0.05) is 97.9 Å². The Morgan fingerprint density at radius 2 is 1.31 bits per heavy atom. The van der Waals surface area contributed by atoms with Gasteiger partial charge in [0, 0.05) is 11.5 Å². The Labute approximate surface area is 153 Å². The van der Waals surface area contributed by atoms with Gasteiger partial charge in [0.15, 0.2) is 0 Å². The van der Waals surface area contributed by atoms with Crippen LogP contribution in [0.4, 0.5) is 0 Å². The normalized spacial score (nSPS) is 12.0. The van der Waals surface area contributed by atoms with Crippen molar-refractivity contribution in [2.24, 2.45) is 0 Å². The summed E-state index contributed by atoms with van der Waals surface area (Å²) in [5, 5.41) is 9.69. The molecule has 0 aliphatic carbocycles. The number of hydrogen-bond acceptors (Lipinski definition) is 2. The molecule has 3 aromatic carbocycles. The zero-order chi connectivity index (χ0) is 17.8. The fraction of sp³-hybridized carbons (Fsp3) is 0.130. The van der Waals surface area contributed by atoms with Crippen LogP contribution in [0.5, 0.6) is 0 Å². The number of hydrogen-bond donors (Lipinski definition) is 0. The minimum atomic E-state index is 0.177. The van der Waals surface area contributed by atoms with Crippen molar-refractivity contribution in [3.8, 4) is 11.3 Å². The van der Waals surface area contributed by atoms with Crippen molar-refractivity contribution in [1.82, 2.24) is 15.0 Å². The second-order valence-corrected chi connectivity index (χ2v) is 6.45. The van der Waals surface area contributed by atoms with Crippen molar-refractivity contribution in [3.63, 3.8) is 0 Å². The molecule has 0 radical (unpaired) electrons. The second-order valence-electron chi connectivity index (χ2n) is 6.45. The van der Waals surface area contributed by atoms with Crippen LogP contribution in [0.3, 0.4) is 0 Å². The maximum absolute atomic E-state index is 4.86. The SMILES string of the molecule is CC(c1ccccc1)c1nn(Cc2ccccc2)nc1-c1ccccc1. The molecule has 0 fully saturated rings. The van der Waals surface area contributed by atoms with Gasteiger partial charge >= 0.3 is 0 Å². The molecule has 0 saturated heterocycles. The zero-order valence-electron chi connectivity index (χ0n) is 14.8. The average molecular weight is 339 g/mol. The van der Waals surface area contributed by atoms with Crippen molar-refractivity contribution in [3.05, 3.63) is 108 Å². The van der Waals surface area contributed by atoms with Crippen molar-refractivity contribution in [2.45, 2.75) is 19.4 Å². The summed E-state index contributed by atoms with van der Waals surface area (Å²) in [7, 11) is 0. The zero-order valence-corrected chi connectivity index (χ0v) is 14.8. The van der Waals surface area contributed by atoms with E-state index in [1.807, 2.05) is 47.3 Å². The average Bonchev–Trinajstić information content (AvgIpc) is 3.13. The lowest BCUT2D eigenvalue weighted by Crippen LogP contribution is -2.05. The van der Waals surface area contributed by atoms with E-state index in [4.69, 9.17) is 10.2 Å². The topological polar surface area (TPSA) is 30.7 Å². The van der Waals surface area contributed by atoms with E-state index in [-0.39, 0.29) is 5.92 Å². The molecule has 0 aliphatic heterocycles. The van der Waals surface area contributed by atoms with Crippen LogP contribution in [-0.4, -0.2) is 15.0 Å². The fourth-order valence-electron chi connectivity index (χ4n) is 3.17. The van der Waals surface area contributed by atoms with Crippen LogP contribution in [-0.2, 0) is 6.54 Å². The molecule has 1 heterocycles. The molecule has 4 rings (SSSR count). The second kappa shape index (κ2) is 7.36. The van der Waals surface area contributed by atoms with Gasteiger partial charge in [0.1, 0.15) is 5.69 Å². The van der Waals surface area contributed by atoms with Gasteiger partial charge in [0.2, 0.25) is 0 Å². The van der Waals surface area contributed by atoms with Crippen LogP contribution in [0.2, 0.25) is 0 Å². The fourth-order valence-corrected chi connectivity index (χ4v) is 3.17. The Bertz CT molecular complexity index is 960. The van der Waals surface area contributed by atoms with E-state index in [2.05, 4.69) is 55.5 Å². The summed E-state index contributed by atoms with van der Waals surface area (Å²) in [5.41, 5.74) is 5.51. The van der Waals surface area contributed by atoms with Crippen molar-refractivity contribution in [1.29, 1.82) is 0 Å². The first-order valence-electron chi connectivity index (χ1n) is 8.90. The summed E-state index contributed by atoms with van der Waals surface area (Å²) in [4.78, 5) is 1.81. The molecular formula is C23H21N3. The van der Waals surface area contributed by atoms with E-state index < -0.39 is 0 Å². The standard InChI is InChI=1S/C23H21N3/c1-18(20-13-7-3-8-14-20)22-23(21-15-9-4-10-16-21)25-26(24-22)17-19-11-5-2-6-12-19/h2-16,18H,17H2,1H3. The van der Waals surface area contributed by atoms with Gasteiger partial charge in [0.05, 0.1) is 12.2 Å². The highest BCUT2D eigenvalue weighted by molar-refractivity contribution is 5.62. The number of benzene rings is 3. The largest absolute Gasteiger partial charge is 0.180 e. The Morgan fingerprint density at radius 3 is 1.96 bits per heavy atom. The monoisotopic (exact) mass is 339 g/mol. The van der Waals surface area contributed by atoms with E-state index >= 15 is 0 Å².